The quantitative estimate of drug-likeness (QED) is 0.733. The van der Waals surface area contributed by atoms with Gasteiger partial charge in [0.1, 0.15) is 6.04 Å². The minimum Gasteiger partial charge on any atom is -0.326 e. The summed E-state index contributed by atoms with van der Waals surface area (Å²) in [4.78, 5) is 24.2. The van der Waals surface area contributed by atoms with Crippen molar-refractivity contribution in [3.8, 4) is 0 Å². The van der Waals surface area contributed by atoms with E-state index in [4.69, 9.17) is 0 Å². The fourth-order valence-corrected chi connectivity index (χ4v) is 2.48. The van der Waals surface area contributed by atoms with Crippen molar-refractivity contribution in [2.75, 3.05) is 17.7 Å². The molecule has 0 bridgehead atoms. The van der Waals surface area contributed by atoms with Crippen LogP contribution in [0.3, 0.4) is 0 Å². The van der Waals surface area contributed by atoms with Crippen LogP contribution in [0, 0.1) is 5.92 Å². The number of carbonyl (C=O) groups is 2. The fourth-order valence-electron chi connectivity index (χ4n) is 2.48. The maximum Gasteiger partial charge on any atom is 0.246 e. The number of anilines is 2. The number of aryl methyl sites for hydroxylation is 1. The minimum absolute atomic E-state index is 0. The molecule has 3 N–H and O–H groups in total. The maximum absolute atomic E-state index is 12.4. The highest BCUT2D eigenvalue weighted by atomic mass is 35.5. The van der Waals surface area contributed by atoms with Gasteiger partial charge in [0.05, 0.1) is 6.20 Å². The molecule has 0 aliphatic heterocycles. The first kappa shape index (κ1) is 19.0. The van der Waals surface area contributed by atoms with E-state index in [2.05, 4.69) is 21.0 Å². The molecule has 1 unspecified atom stereocenters. The molecular weight excluding hydrogens is 342 g/mol. The van der Waals surface area contributed by atoms with Crippen molar-refractivity contribution < 1.29 is 9.59 Å². The molecule has 134 valence electrons. The summed E-state index contributed by atoms with van der Waals surface area (Å²) in [6.45, 7) is 0. The van der Waals surface area contributed by atoms with E-state index in [-0.39, 0.29) is 30.1 Å². The Balaban J connectivity index is 0.00000225. The molecule has 1 aromatic heterocycles. The zero-order valence-electron chi connectivity index (χ0n) is 14.2. The summed E-state index contributed by atoms with van der Waals surface area (Å²) < 4.78 is 1.66. The Morgan fingerprint density at radius 3 is 2.24 bits per heavy atom. The Bertz CT molecular complexity index is 740. The van der Waals surface area contributed by atoms with Gasteiger partial charge in [0, 0.05) is 36.1 Å². The van der Waals surface area contributed by atoms with E-state index in [1.54, 1.807) is 48.4 Å². The van der Waals surface area contributed by atoms with Crippen LogP contribution in [-0.2, 0) is 16.6 Å². The maximum atomic E-state index is 12.4. The molecule has 1 aliphatic rings. The van der Waals surface area contributed by atoms with E-state index < -0.39 is 6.04 Å². The Morgan fingerprint density at radius 2 is 1.76 bits per heavy atom. The molecule has 1 aliphatic carbocycles. The van der Waals surface area contributed by atoms with Crippen molar-refractivity contribution in [3.63, 3.8) is 0 Å². The van der Waals surface area contributed by atoms with E-state index in [1.807, 2.05) is 7.05 Å². The summed E-state index contributed by atoms with van der Waals surface area (Å²) in [6, 6.07) is 6.64. The van der Waals surface area contributed by atoms with Crippen molar-refractivity contribution in [3.05, 3.63) is 42.2 Å². The van der Waals surface area contributed by atoms with Crippen molar-refractivity contribution in [1.82, 2.24) is 15.1 Å². The summed E-state index contributed by atoms with van der Waals surface area (Å²) in [5, 5.41) is 12.8. The van der Waals surface area contributed by atoms with Crippen LogP contribution in [0.5, 0.6) is 0 Å². The third-order valence-corrected chi connectivity index (χ3v) is 3.98. The molecule has 1 heterocycles. The predicted octanol–water partition coefficient (Wildman–Crippen LogP) is 2.09. The number of hydrogen-bond acceptors (Lipinski definition) is 4. The largest absolute Gasteiger partial charge is 0.326 e. The van der Waals surface area contributed by atoms with Gasteiger partial charge in [-0.3, -0.25) is 14.3 Å². The third kappa shape index (κ3) is 4.80. The van der Waals surface area contributed by atoms with E-state index in [0.717, 1.165) is 24.1 Å². The minimum atomic E-state index is -0.479. The smallest absolute Gasteiger partial charge is 0.246 e. The highest BCUT2D eigenvalue weighted by molar-refractivity contribution is 5.96. The SMILES string of the molecule is CNC(C(=O)Nc1ccc(NC(=O)C2CC2)cc1)c1cnn(C)c1.Cl. The zero-order chi connectivity index (χ0) is 17.1. The summed E-state index contributed by atoms with van der Waals surface area (Å²) >= 11 is 0. The Morgan fingerprint density at radius 1 is 1.16 bits per heavy atom. The number of halogens is 1. The molecule has 1 atom stereocenters. The first-order valence-electron chi connectivity index (χ1n) is 7.94. The van der Waals surface area contributed by atoms with Crippen LogP contribution in [0.15, 0.2) is 36.7 Å². The number of nitrogens with zero attached hydrogens (tertiary/aromatic N) is 2. The average Bonchev–Trinajstić information content (AvgIpc) is 3.33. The highest BCUT2D eigenvalue weighted by Crippen LogP contribution is 2.30. The molecule has 7 nitrogen and oxygen atoms in total. The lowest BCUT2D eigenvalue weighted by Crippen LogP contribution is -2.30. The molecule has 1 aromatic carbocycles. The highest BCUT2D eigenvalue weighted by Gasteiger charge is 2.29. The van der Waals surface area contributed by atoms with E-state index in [9.17, 15) is 9.59 Å². The second kappa shape index (κ2) is 8.13. The van der Waals surface area contributed by atoms with Crippen LogP contribution in [-0.4, -0.2) is 28.6 Å². The number of amides is 2. The topological polar surface area (TPSA) is 88.1 Å². The average molecular weight is 364 g/mol. The predicted molar refractivity (Wildman–Crippen MR) is 98.7 cm³/mol. The van der Waals surface area contributed by atoms with Gasteiger partial charge in [0.25, 0.3) is 0 Å². The first-order valence-corrected chi connectivity index (χ1v) is 7.94. The van der Waals surface area contributed by atoms with Gasteiger partial charge in [-0.1, -0.05) is 0 Å². The lowest BCUT2D eigenvalue weighted by molar-refractivity contribution is -0.118. The lowest BCUT2D eigenvalue weighted by atomic mass is 10.1. The molecular formula is C17H22ClN5O2. The van der Waals surface area contributed by atoms with Crippen molar-refractivity contribution in [2.24, 2.45) is 13.0 Å². The molecule has 2 amide bonds. The van der Waals surface area contributed by atoms with Gasteiger partial charge in [0.15, 0.2) is 0 Å². The first-order chi connectivity index (χ1) is 11.6. The van der Waals surface area contributed by atoms with E-state index in [0.29, 0.717) is 5.69 Å². The Kier molecular flexibility index (Phi) is 6.17. The summed E-state index contributed by atoms with van der Waals surface area (Å²) in [7, 11) is 3.54. The van der Waals surface area contributed by atoms with Crippen molar-refractivity contribution in [1.29, 1.82) is 0 Å². The number of aromatic nitrogens is 2. The molecule has 0 spiro atoms. The molecule has 2 aromatic rings. The second-order valence-corrected chi connectivity index (χ2v) is 6.00. The van der Waals surface area contributed by atoms with E-state index in [1.165, 1.54) is 0 Å². The number of nitrogens with one attached hydrogen (secondary N) is 3. The van der Waals surface area contributed by atoms with Gasteiger partial charge < -0.3 is 16.0 Å². The molecule has 1 fully saturated rings. The van der Waals surface area contributed by atoms with Gasteiger partial charge in [0.2, 0.25) is 11.8 Å². The molecule has 3 rings (SSSR count). The van der Waals surface area contributed by atoms with Crippen LogP contribution in [0.4, 0.5) is 11.4 Å². The normalized spacial score (nSPS) is 14.3. The number of hydrogen-bond donors (Lipinski definition) is 3. The van der Waals surface area contributed by atoms with Gasteiger partial charge in [-0.05, 0) is 44.2 Å². The van der Waals surface area contributed by atoms with Gasteiger partial charge in [-0.2, -0.15) is 5.10 Å². The van der Waals surface area contributed by atoms with Gasteiger partial charge in [-0.25, -0.2) is 0 Å². The van der Waals surface area contributed by atoms with E-state index >= 15 is 0 Å². The molecule has 25 heavy (non-hydrogen) atoms. The van der Waals surface area contributed by atoms with Crippen LogP contribution in [0.1, 0.15) is 24.4 Å². The monoisotopic (exact) mass is 363 g/mol. The van der Waals surface area contributed by atoms with Crippen molar-refractivity contribution in [2.45, 2.75) is 18.9 Å². The molecule has 0 saturated heterocycles. The molecule has 1 saturated carbocycles. The Hall–Kier alpha value is -2.38. The fraction of sp³-hybridized carbons (Fsp3) is 0.353. The third-order valence-electron chi connectivity index (χ3n) is 3.98. The van der Waals surface area contributed by atoms with Crippen LogP contribution in [0.25, 0.3) is 0 Å². The molecule has 0 radical (unpaired) electrons. The number of rotatable bonds is 6. The summed E-state index contributed by atoms with van der Waals surface area (Å²) in [6.07, 6.45) is 5.41. The Labute approximate surface area is 152 Å². The summed E-state index contributed by atoms with van der Waals surface area (Å²) in [5.74, 6) is 0.0686. The number of benzene rings is 1. The zero-order valence-corrected chi connectivity index (χ0v) is 15.0. The lowest BCUT2D eigenvalue weighted by Gasteiger charge is -2.15. The van der Waals surface area contributed by atoms with Crippen LogP contribution < -0.4 is 16.0 Å². The second-order valence-electron chi connectivity index (χ2n) is 6.00. The number of carbonyl (C=O) groups excluding carboxylic acids is 2. The van der Waals surface area contributed by atoms with Gasteiger partial charge >= 0.3 is 0 Å². The van der Waals surface area contributed by atoms with Gasteiger partial charge in [-0.15, -0.1) is 12.4 Å². The molecule has 8 heteroatoms. The summed E-state index contributed by atoms with van der Waals surface area (Å²) in [5.41, 5.74) is 2.21. The van der Waals surface area contributed by atoms with Crippen LogP contribution >= 0.6 is 12.4 Å². The van der Waals surface area contributed by atoms with Crippen molar-refractivity contribution >= 4 is 35.6 Å². The standard InChI is InChI=1S/C17H21N5O2.ClH/c1-18-15(12-9-19-22(2)10-12)17(24)21-14-7-5-13(6-8-14)20-16(23)11-3-4-11;/h5-11,15,18H,3-4H2,1-2H3,(H,20,23)(H,21,24);1H. The van der Waals surface area contributed by atoms with Crippen LogP contribution in [0.2, 0.25) is 0 Å². The number of likely N-dealkylation sites (N-methyl/N-ethyl adjacent to an activating group) is 1.